The molecule has 0 atom stereocenters. The average molecular weight is 991 g/mol. The summed E-state index contributed by atoms with van der Waals surface area (Å²) in [5.74, 6) is -6.09. The van der Waals surface area contributed by atoms with Crippen molar-refractivity contribution >= 4 is 99.3 Å². The van der Waals surface area contributed by atoms with Crippen LogP contribution in [0.5, 0.6) is 0 Å². The molecular weight excluding hydrogens is 949 g/mol. The third-order valence-corrected chi connectivity index (χ3v) is 14.8. The van der Waals surface area contributed by atoms with Crippen molar-refractivity contribution in [2.75, 3.05) is 9.80 Å². The van der Waals surface area contributed by atoms with Gasteiger partial charge in [0, 0.05) is 60.8 Å². The highest BCUT2D eigenvalue weighted by Gasteiger charge is 2.32. The van der Waals surface area contributed by atoms with E-state index in [0.29, 0.717) is 22.4 Å². The summed E-state index contributed by atoms with van der Waals surface area (Å²) in [5, 5.41) is 7.21. The van der Waals surface area contributed by atoms with Crippen molar-refractivity contribution < 1.29 is 17.6 Å². The molecule has 0 saturated carbocycles. The lowest BCUT2D eigenvalue weighted by Gasteiger charge is -2.29. The molecule has 76 heavy (non-hydrogen) atoms. The number of para-hydroxylation sites is 4. The van der Waals surface area contributed by atoms with E-state index in [1.165, 1.54) is 17.0 Å². The molecule has 4 nitrogen and oxygen atoms in total. The topological polar surface area (TPSA) is 16.3 Å². The molecule has 0 unspecified atom stereocenters. The number of hydrogen-bond donors (Lipinski definition) is 0. The number of aromatic nitrogens is 2. The first-order chi connectivity index (χ1) is 37.4. The molecule has 0 radical (unpaired) electrons. The molecule has 0 aliphatic heterocycles. The first-order valence-electron chi connectivity index (χ1n) is 25.1. The minimum atomic E-state index is -1.53. The molecule has 0 N–H and O–H groups in total. The summed E-state index contributed by atoms with van der Waals surface area (Å²) in [6, 6.07) is 81.7. The van der Waals surface area contributed by atoms with Crippen LogP contribution in [0, 0.1) is 23.3 Å². The summed E-state index contributed by atoms with van der Waals surface area (Å²) in [4.78, 5) is 3.41. The number of benzene rings is 12. The number of halogens is 4. The van der Waals surface area contributed by atoms with Gasteiger partial charge in [-0.05, 0) is 113 Å². The van der Waals surface area contributed by atoms with Crippen LogP contribution in [-0.4, -0.2) is 9.13 Å². The maximum Gasteiger partial charge on any atom is 0.186 e. The Morgan fingerprint density at radius 2 is 0.658 bits per heavy atom. The van der Waals surface area contributed by atoms with Crippen molar-refractivity contribution in [2.24, 2.45) is 0 Å². The van der Waals surface area contributed by atoms with Crippen molar-refractivity contribution in [2.45, 2.75) is 0 Å². The van der Waals surface area contributed by atoms with Crippen LogP contribution in [0.15, 0.2) is 255 Å². The Hall–Kier alpha value is -9.92. The predicted octanol–water partition coefficient (Wildman–Crippen LogP) is 19.4. The first-order valence-corrected chi connectivity index (χ1v) is 25.1. The van der Waals surface area contributed by atoms with E-state index in [1.54, 1.807) is 30.3 Å². The van der Waals surface area contributed by atoms with Gasteiger partial charge in [0.25, 0.3) is 0 Å². The van der Waals surface area contributed by atoms with Gasteiger partial charge in [-0.15, -0.1) is 0 Å². The Balaban J connectivity index is 0.921. The van der Waals surface area contributed by atoms with Gasteiger partial charge in [-0.3, -0.25) is 0 Å². The van der Waals surface area contributed by atoms with E-state index in [1.807, 2.05) is 152 Å². The second kappa shape index (κ2) is 17.9. The first kappa shape index (κ1) is 44.8. The van der Waals surface area contributed by atoms with Crippen LogP contribution in [0.1, 0.15) is 0 Å². The van der Waals surface area contributed by atoms with Gasteiger partial charge in [0.05, 0.1) is 39.0 Å². The van der Waals surface area contributed by atoms with Crippen LogP contribution in [0.25, 0.3) is 87.7 Å². The number of fused-ring (bicyclic) bond motifs is 8. The minimum Gasteiger partial charge on any atom is -0.310 e. The van der Waals surface area contributed by atoms with Crippen LogP contribution in [0.2, 0.25) is 0 Å². The SMILES string of the molecule is Fc1c(F)c(N(c2ccc3c(c2)c2ccccc2n3-c2ccccc2)c2cccc3ccccc23)c(F)c(F)c1-c1ccc(N(c2ccc3c(c2)c2ccccc2n3-c2ccccc2)c2cccc3ccccc23)cc1. The van der Waals surface area contributed by atoms with E-state index in [9.17, 15) is 0 Å². The molecule has 12 aromatic carbocycles. The predicted molar refractivity (Wildman–Crippen MR) is 305 cm³/mol. The van der Waals surface area contributed by atoms with E-state index in [4.69, 9.17) is 0 Å². The van der Waals surface area contributed by atoms with Crippen LogP contribution in [-0.2, 0) is 0 Å². The quantitative estimate of drug-likeness (QED) is 0.106. The lowest BCUT2D eigenvalue weighted by atomic mass is 10.00. The van der Waals surface area contributed by atoms with Gasteiger partial charge in [-0.25, -0.2) is 17.6 Å². The fourth-order valence-corrected chi connectivity index (χ4v) is 11.4. The van der Waals surface area contributed by atoms with E-state index in [2.05, 4.69) is 74.7 Å². The molecule has 0 aliphatic rings. The Bertz CT molecular complexity index is 4550. The van der Waals surface area contributed by atoms with Crippen LogP contribution >= 0.6 is 0 Å². The Labute approximate surface area is 434 Å². The molecule has 0 fully saturated rings. The van der Waals surface area contributed by atoms with Gasteiger partial charge < -0.3 is 18.9 Å². The van der Waals surface area contributed by atoms with Gasteiger partial charge in [0.2, 0.25) is 0 Å². The summed E-state index contributed by atoms with van der Waals surface area (Å²) in [7, 11) is 0. The summed E-state index contributed by atoms with van der Waals surface area (Å²) >= 11 is 0. The van der Waals surface area contributed by atoms with Crippen molar-refractivity contribution in [1.29, 1.82) is 0 Å². The zero-order valence-electron chi connectivity index (χ0n) is 40.5. The van der Waals surface area contributed by atoms with Crippen LogP contribution in [0.3, 0.4) is 0 Å². The van der Waals surface area contributed by atoms with Gasteiger partial charge >= 0.3 is 0 Å². The summed E-state index contributed by atoms with van der Waals surface area (Å²) < 4.78 is 74.0. The molecule has 362 valence electrons. The standard InChI is InChI=1S/C68H42F4N4/c69-64-63(45-33-35-48(36-34-45)73(57-31-15-19-43-17-7-9-25-51(43)57)49-37-39-61-55(41-49)53-27-11-13-29-59(53)74(61)46-21-3-1-4-22-46)65(70)67(72)68(66(64)71)76(58-32-16-20-44-18-8-10-26-52(44)58)50-38-40-62-56(42-50)54-28-12-14-30-60(54)75(62)47-23-5-2-6-24-47/h1-42H. The fraction of sp³-hybridized carbons (Fsp3) is 0. The Morgan fingerprint density at radius 3 is 1.16 bits per heavy atom. The van der Waals surface area contributed by atoms with Gasteiger partial charge in [0.15, 0.2) is 23.3 Å². The number of rotatable bonds is 9. The van der Waals surface area contributed by atoms with Crippen molar-refractivity contribution in [3.63, 3.8) is 0 Å². The monoisotopic (exact) mass is 990 g/mol. The molecule has 8 heteroatoms. The molecule has 0 bridgehead atoms. The molecule has 14 rings (SSSR count). The molecule has 2 heterocycles. The third kappa shape index (κ3) is 7.06. The molecule has 0 spiro atoms. The molecule has 0 saturated heterocycles. The fourth-order valence-electron chi connectivity index (χ4n) is 11.4. The summed E-state index contributed by atoms with van der Waals surface area (Å²) in [6.07, 6.45) is 0. The minimum absolute atomic E-state index is 0.0331. The van der Waals surface area contributed by atoms with Crippen molar-refractivity contribution in [3.8, 4) is 22.5 Å². The summed E-state index contributed by atoms with van der Waals surface area (Å²) in [5.41, 5.74) is 7.14. The lowest BCUT2D eigenvalue weighted by Crippen LogP contribution is -2.17. The van der Waals surface area contributed by atoms with Gasteiger partial charge in [0.1, 0.15) is 5.69 Å². The molecule has 2 aromatic heterocycles. The maximum absolute atomic E-state index is 17.5. The number of nitrogens with zero attached hydrogens (tertiary/aromatic N) is 4. The second-order valence-corrected chi connectivity index (χ2v) is 19.0. The Kier molecular flexibility index (Phi) is 10.6. The van der Waals surface area contributed by atoms with Crippen LogP contribution < -0.4 is 9.80 Å². The molecule has 14 aromatic rings. The third-order valence-electron chi connectivity index (χ3n) is 14.8. The maximum atomic E-state index is 17.5. The van der Waals surface area contributed by atoms with E-state index < -0.39 is 34.5 Å². The Morgan fingerprint density at radius 1 is 0.276 bits per heavy atom. The average Bonchev–Trinajstić information content (AvgIpc) is 4.09. The van der Waals surface area contributed by atoms with Gasteiger partial charge in [-0.1, -0.05) is 158 Å². The summed E-state index contributed by atoms with van der Waals surface area (Å²) in [6.45, 7) is 0. The normalized spacial score (nSPS) is 11.7. The van der Waals surface area contributed by atoms with Crippen molar-refractivity contribution in [1.82, 2.24) is 9.13 Å². The second-order valence-electron chi connectivity index (χ2n) is 19.0. The van der Waals surface area contributed by atoms with Gasteiger partial charge in [-0.2, -0.15) is 0 Å². The highest BCUT2D eigenvalue weighted by molar-refractivity contribution is 6.13. The smallest absolute Gasteiger partial charge is 0.186 e. The highest BCUT2D eigenvalue weighted by Crippen LogP contribution is 2.48. The lowest BCUT2D eigenvalue weighted by molar-refractivity contribution is 0.461. The number of anilines is 6. The highest BCUT2D eigenvalue weighted by atomic mass is 19.2. The molecule has 0 aliphatic carbocycles. The van der Waals surface area contributed by atoms with Crippen LogP contribution in [0.4, 0.5) is 51.7 Å². The van der Waals surface area contributed by atoms with E-state index in [-0.39, 0.29) is 5.56 Å². The van der Waals surface area contributed by atoms with E-state index >= 15 is 17.6 Å². The van der Waals surface area contributed by atoms with Crippen molar-refractivity contribution in [3.05, 3.63) is 278 Å². The largest absolute Gasteiger partial charge is 0.310 e. The zero-order valence-corrected chi connectivity index (χ0v) is 40.5. The molecular formula is C68H42F4N4. The van der Waals surface area contributed by atoms with E-state index in [0.717, 1.165) is 82.5 Å². The zero-order chi connectivity index (χ0) is 51.0. The number of hydrogen-bond acceptors (Lipinski definition) is 2. The molecule has 0 amide bonds.